The minimum absolute atomic E-state index is 0.689. The van der Waals surface area contributed by atoms with Gasteiger partial charge in [-0.05, 0) is 12.5 Å². The smallest absolute Gasteiger partial charge is 0.0351 e. The summed E-state index contributed by atoms with van der Waals surface area (Å²) in [7, 11) is 0. The summed E-state index contributed by atoms with van der Waals surface area (Å²) in [5.74, 6) is 0. The van der Waals surface area contributed by atoms with E-state index in [9.17, 15) is 0 Å². The second kappa shape index (κ2) is 5.39. The van der Waals surface area contributed by atoms with Crippen LogP contribution in [0, 0.1) is 0 Å². The van der Waals surface area contributed by atoms with Crippen LogP contribution in [0.4, 0.5) is 0 Å². The van der Waals surface area contributed by atoms with Crippen LogP contribution in [0.25, 0.3) is 0 Å². The highest BCUT2D eigenvalue weighted by Crippen LogP contribution is 2.18. The van der Waals surface area contributed by atoms with Crippen LogP contribution in [0.2, 0.25) is 0 Å². The molecule has 0 unspecified atom stereocenters. The van der Waals surface area contributed by atoms with Gasteiger partial charge in [0.1, 0.15) is 0 Å². The number of benzene rings is 1. The molecule has 2 saturated heterocycles. The maximum atomic E-state index is 3.52. The molecule has 1 N–H and O–H groups in total. The monoisotopic (exact) mass is 245 g/mol. The van der Waals surface area contributed by atoms with Crippen molar-refractivity contribution in [3.63, 3.8) is 0 Å². The van der Waals surface area contributed by atoms with Gasteiger partial charge in [-0.15, -0.1) is 0 Å². The first-order valence-electron chi connectivity index (χ1n) is 7.05. The molecular formula is C15H23N3. The molecule has 18 heavy (non-hydrogen) atoms. The number of nitrogens with one attached hydrogen (secondary N) is 1. The Bertz CT molecular complexity index is 379. The molecule has 3 heteroatoms. The molecule has 1 aromatic rings. The Labute approximate surface area is 110 Å². The minimum atomic E-state index is 0.689. The highest BCUT2D eigenvalue weighted by atomic mass is 15.3. The molecule has 0 radical (unpaired) electrons. The summed E-state index contributed by atoms with van der Waals surface area (Å²) in [5, 5.41) is 3.52. The predicted octanol–water partition coefficient (Wildman–Crippen LogP) is 1.16. The average Bonchev–Trinajstić information content (AvgIpc) is 2.40. The van der Waals surface area contributed by atoms with Crippen LogP contribution in [-0.2, 0) is 6.54 Å². The SMILES string of the molecule is C[C@@H]1CN(Cc2ccccc2)C[C@H]2CNCCN21. The molecule has 3 rings (SSSR count). The number of hydrogen-bond acceptors (Lipinski definition) is 3. The average molecular weight is 245 g/mol. The molecule has 2 heterocycles. The van der Waals surface area contributed by atoms with E-state index in [0.29, 0.717) is 12.1 Å². The Hall–Kier alpha value is -0.900. The van der Waals surface area contributed by atoms with E-state index in [0.717, 1.165) is 19.6 Å². The van der Waals surface area contributed by atoms with Gasteiger partial charge < -0.3 is 5.32 Å². The van der Waals surface area contributed by atoms with E-state index in [1.165, 1.54) is 25.2 Å². The number of nitrogens with zero attached hydrogens (tertiary/aromatic N) is 2. The third-order valence-electron chi connectivity index (χ3n) is 4.20. The molecule has 1 aromatic carbocycles. The maximum absolute atomic E-state index is 3.52. The lowest BCUT2D eigenvalue weighted by atomic mass is 10.0. The van der Waals surface area contributed by atoms with Gasteiger partial charge in [0.2, 0.25) is 0 Å². The molecule has 3 nitrogen and oxygen atoms in total. The number of fused-ring (bicyclic) bond motifs is 1. The summed E-state index contributed by atoms with van der Waals surface area (Å²) in [4.78, 5) is 5.28. The van der Waals surface area contributed by atoms with Crippen molar-refractivity contribution in [2.24, 2.45) is 0 Å². The summed E-state index contributed by atoms with van der Waals surface area (Å²) >= 11 is 0. The molecule has 0 bridgehead atoms. The zero-order valence-corrected chi connectivity index (χ0v) is 11.2. The maximum Gasteiger partial charge on any atom is 0.0351 e. The zero-order chi connectivity index (χ0) is 12.4. The number of rotatable bonds is 2. The van der Waals surface area contributed by atoms with Crippen molar-refractivity contribution >= 4 is 0 Å². The van der Waals surface area contributed by atoms with Crippen LogP contribution >= 0.6 is 0 Å². The Morgan fingerprint density at radius 1 is 1.22 bits per heavy atom. The summed E-state index contributed by atoms with van der Waals surface area (Å²) in [5.41, 5.74) is 1.43. The summed E-state index contributed by atoms with van der Waals surface area (Å²) in [6.45, 7) is 9.38. The molecule has 0 saturated carbocycles. The third kappa shape index (κ3) is 2.58. The van der Waals surface area contributed by atoms with E-state index in [4.69, 9.17) is 0 Å². The standard InChI is InChI=1S/C15H23N3/c1-13-10-17(11-14-5-3-2-4-6-14)12-15-9-16-7-8-18(13)15/h2-6,13,15-16H,7-12H2,1H3/t13-,15-/m1/s1. The van der Waals surface area contributed by atoms with Gasteiger partial charge in [0.25, 0.3) is 0 Å². The Morgan fingerprint density at radius 3 is 2.89 bits per heavy atom. The van der Waals surface area contributed by atoms with Gasteiger partial charge in [0, 0.05) is 51.4 Å². The van der Waals surface area contributed by atoms with Crippen molar-refractivity contribution < 1.29 is 0 Å². The van der Waals surface area contributed by atoms with Gasteiger partial charge in [-0.3, -0.25) is 9.80 Å². The van der Waals surface area contributed by atoms with Crippen molar-refractivity contribution in [3.8, 4) is 0 Å². The van der Waals surface area contributed by atoms with Gasteiger partial charge in [-0.1, -0.05) is 30.3 Å². The van der Waals surface area contributed by atoms with Gasteiger partial charge in [-0.25, -0.2) is 0 Å². The first-order chi connectivity index (χ1) is 8.83. The molecule has 0 aliphatic carbocycles. The Balaban J connectivity index is 1.64. The van der Waals surface area contributed by atoms with Crippen molar-refractivity contribution in [3.05, 3.63) is 35.9 Å². The van der Waals surface area contributed by atoms with Crippen molar-refractivity contribution in [2.45, 2.75) is 25.6 Å². The molecule has 2 atom stereocenters. The molecule has 0 spiro atoms. The van der Waals surface area contributed by atoms with E-state index in [2.05, 4.69) is 52.4 Å². The quantitative estimate of drug-likeness (QED) is 0.843. The largest absolute Gasteiger partial charge is 0.314 e. The minimum Gasteiger partial charge on any atom is -0.314 e. The molecule has 2 aliphatic heterocycles. The van der Waals surface area contributed by atoms with Crippen LogP contribution in [0.5, 0.6) is 0 Å². The van der Waals surface area contributed by atoms with E-state index in [-0.39, 0.29) is 0 Å². The van der Waals surface area contributed by atoms with E-state index in [1.807, 2.05) is 0 Å². The number of hydrogen-bond donors (Lipinski definition) is 1. The van der Waals surface area contributed by atoms with Crippen LogP contribution in [0.1, 0.15) is 12.5 Å². The lowest BCUT2D eigenvalue weighted by Crippen LogP contribution is -2.64. The van der Waals surface area contributed by atoms with E-state index >= 15 is 0 Å². The van der Waals surface area contributed by atoms with Gasteiger partial charge in [0.15, 0.2) is 0 Å². The van der Waals surface area contributed by atoms with Crippen LogP contribution in [-0.4, -0.2) is 54.6 Å². The molecule has 0 aromatic heterocycles. The molecular weight excluding hydrogens is 222 g/mol. The fourth-order valence-electron chi connectivity index (χ4n) is 3.35. The van der Waals surface area contributed by atoms with Crippen molar-refractivity contribution in [1.82, 2.24) is 15.1 Å². The molecule has 2 aliphatic rings. The van der Waals surface area contributed by atoms with Gasteiger partial charge in [0.05, 0.1) is 0 Å². The summed E-state index contributed by atoms with van der Waals surface area (Å²) in [6, 6.07) is 12.2. The lowest BCUT2D eigenvalue weighted by Gasteiger charge is -2.48. The second-order valence-corrected chi connectivity index (χ2v) is 5.62. The van der Waals surface area contributed by atoms with Crippen LogP contribution < -0.4 is 5.32 Å². The van der Waals surface area contributed by atoms with E-state index in [1.54, 1.807) is 0 Å². The fourth-order valence-corrected chi connectivity index (χ4v) is 3.35. The zero-order valence-electron chi connectivity index (χ0n) is 11.2. The fraction of sp³-hybridized carbons (Fsp3) is 0.600. The first-order valence-corrected chi connectivity index (χ1v) is 7.05. The second-order valence-electron chi connectivity index (χ2n) is 5.62. The Morgan fingerprint density at radius 2 is 2.06 bits per heavy atom. The molecule has 98 valence electrons. The molecule has 0 amide bonds. The predicted molar refractivity (Wildman–Crippen MR) is 74.5 cm³/mol. The third-order valence-corrected chi connectivity index (χ3v) is 4.20. The van der Waals surface area contributed by atoms with Crippen LogP contribution in [0.3, 0.4) is 0 Å². The molecule has 2 fully saturated rings. The van der Waals surface area contributed by atoms with Gasteiger partial charge >= 0.3 is 0 Å². The first kappa shape index (κ1) is 12.2. The summed E-state index contributed by atoms with van der Waals surface area (Å²) < 4.78 is 0. The topological polar surface area (TPSA) is 18.5 Å². The van der Waals surface area contributed by atoms with Crippen molar-refractivity contribution in [1.29, 1.82) is 0 Å². The highest BCUT2D eigenvalue weighted by molar-refractivity contribution is 5.14. The van der Waals surface area contributed by atoms with E-state index < -0.39 is 0 Å². The van der Waals surface area contributed by atoms with Gasteiger partial charge in [-0.2, -0.15) is 0 Å². The normalized spacial score (nSPS) is 30.1. The number of piperazine rings is 2. The highest BCUT2D eigenvalue weighted by Gasteiger charge is 2.33. The summed E-state index contributed by atoms with van der Waals surface area (Å²) in [6.07, 6.45) is 0. The van der Waals surface area contributed by atoms with Crippen molar-refractivity contribution in [2.75, 3.05) is 32.7 Å². The van der Waals surface area contributed by atoms with Crippen LogP contribution in [0.15, 0.2) is 30.3 Å². The lowest BCUT2D eigenvalue weighted by molar-refractivity contribution is 0.0135. The Kier molecular flexibility index (Phi) is 3.64.